The van der Waals surface area contributed by atoms with Gasteiger partial charge in [0.1, 0.15) is 0 Å². The van der Waals surface area contributed by atoms with Crippen molar-refractivity contribution >= 4 is 9.84 Å². The highest BCUT2D eigenvalue weighted by Gasteiger charge is 2.37. The van der Waals surface area contributed by atoms with Crippen LogP contribution in [0.25, 0.3) is 0 Å². The molecule has 118 valence electrons. The molecule has 4 nitrogen and oxygen atoms in total. The summed E-state index contributed by atoms with van der Waals surface area (Å²) in [6.45, 7) is 7.16. The predicted molar refractivity (Wildman–Crippen MR) is 85.2 cm³/mol. The molecule has 3 atom stereocenters. The van der Waals surface area contributed by atoms with E-state index in [-0.39, 0.29) is 23.1 Å². The van der Waals surface area contributed by atoms with Crippen molar-refractivity contribution < 1.29 is 13.2 Å². The molecule has 5 heteroatoms. The average molecular weight is 311 g/mol. The summed E-state index contributed by atoms with van der Waals surface area (Å²) in [7, 11) is -3.18. The van der Waals surface area contributed by atoms with Gasteiger partial charge < -0.3 is 10.1 Å². The molecule has 3 unspecified atom stereocenters. The highest BCUT2D eigenvalue weighted by Crippen LogP contribution is 2.25. The summed E-state index contributed by atoms with van der Waals surface area (Å²) in [5.74, 6) is 0.127. The van der Waals surface area contributed by atoms with Crippen LogP contribution in [-0.2, 0) is 14.6 Å². The summed E-state index contributed by atoms with van der Waals surface area (Å²) >= 11 is 0. The normalized spacial score (nSPS) is 24.1. The van der Waals surface area contributed by atoms with E-state index in [0.717, 1.165) is 12.1 Å². The maximum atomic E-state index is 12.6. The van der Waals surface area contributed by atoms with Gasteiger partial charge in [-0.1, -0.05) is 36.8 Å². The second-order valence-electron chi connectivity index (χ2n) is 5.75. The van der Waals surface area contributed by atoms with Crippen LogP contribution in [0.1, 0.15) is 37.4 Å². The smallest absolute Gasteiger partial charge is 0.157 e. The minimum atomic E-state index is -3.18. The minimum Gasteiger partial charge on any atom is -0.377 e. The minimum absolute atomic E-state index is 0.127. The molecule has 1 N–H and O–H groups in total. The SMILES string of the molecule is CCNC(CS(=O)(=O)C1CCOC1C)c1ccc(C)cc1. The Hall–Kier alpha value is -0.910. The van der Waals surface area contributed by atoms with Crippen LogP contribution >= 0.6 is 0 Å². The zero-order valence-electron chi connectivity index (χ0n) is 13.0. The molecule has 0 spiro atoms. The van der Waals surface area contributed by atoms with E-state index in [0.29, 0.717) is 13.0 Å². The summed E-state index contributed by atoms with van der Waals surface area (Å²) < 4.78 is 30.7. The van der Waals surface area contributed by atoms with Gasteiger partial charge in [0.05, 0.1) is 17.1 Å². The Kier molecular flexibility index (Phi) is 5.41. The van der Waals surface area contributed by atoms with Crippen LogP contribution in [0.4, 0.5) is 0 Å². The predicted octanol–water partition coefficient (Wildman–Crippen LogP) is 2.24. The van der Waals surface area contributed by atoms with E-state index in [1.54, 1.807) is 0 Å². The summed E-state index contributed by atoms with van der Waals surface area (Å²) in [5.41, 5.74) is 2.20. The molecule has 1 aromatic carbocycles. The zero-order chi connectivity index (χ0) is 15.5. The molecule has 1 aliphatic heterocycles. The molecular weight excluding hydrogens is 286 g/mol. The molecule has 1 heterocycles. The molecule has 21 heavy (non-hydrogen) atoms. The van der Waals surface area contributed by atoms with E-state index >= 15 is 0 Å². The van der Waals surface area contributed by atoms with Crippen LogP contribution in [0.2, 0.25) is 0 Å². The molecular formula is C16H25NO3S. The standard InChI is InChI=1S/C16H25NO3S/c1-4-17-15(14-7-5-12(2)6-8-14)11-21(18,19)16-9-10-20-13(16)3/h5-8,13,15-17H,4,9-11H2,1-3H3. The largest absolute Gasteiger partial charge is 0.377 e. The van der Waals surface area contributed by atoms with Crippen LogP contribution in [0, 0.1) is 6.92 Å². The van der Waals surface area contributed by atoms with Crippen LogP contribution in [0.15, 0.2) is 24.3 Å². The maximum Gasteiger partial charge on any atom is 0.157 e. The van der Waals surface area contributed by atoms with Gasteiger partial charge in [-0.25, -0.2) is 8.42 Å². The third kappa shape index (κ3) is 4.05. The third-order valence-corrected chi connectivity index (χ3v) is 6.44. The van der Waals surface area contributed by atoms with Crippen molar-refractivity contribution in [3.8, 4) is 0 Å². The van der Waals surface area contributed by atoms with E-state index < -0.39 is 9.84 Å². The highest BCUT2D eigenvalue weighted by atomic mass is 32.2. The van der Waals surface area contributed by atoms with Gasteiger partial charge in [0.25, 0.3) is 0 Å². The Balaban J connectivity index is 2.17. The highest BCUT2D eigenvalue weighted by molar-refractivity contribution is 7.92. The van der Waals surface area contributed by atoms with E-state index in [2.05, 4.69) is 5.32 Å². The van der Waals surface area contributed by atoms with Gasteiger partial charge in [-0.3, -0.25) is 0 Å². The Labute approximate surface area is 127 Å². The van der Waals surface area contributed by atoms with Crippen LogP contribution in [0.5, 0.6) is 0 Å². The van der Waals surface area contributed by atoms with E-state index in [1.807, 2.05) is 45.0 Å². The van der Waals surface area contributed by atoms with Crippen molar-refractivity contribution in [2.45, 2.75) is 44.6 Å². The van der Waals surface area contributed by atoms with Crippen molar-refractivity contribution in [1.82, 2.24) is 5.32 Å². The van der Waals surface area contributed by atoms with E-state index in [4.69, 9.17) is 4.74 Å². The summed E-state index contributed by atoms with van der Waals surface area (Å²) in [4.78, 5) is 0. The van der Waals surface area contributed by atoms with Gasteiger partial charge in [0.2, 0.25) is 0 Å². The van der Waals surface area contributed by atoms with Crippen LogP contribution in [0.3, 0.4) is 0 Å². The number of ether oxygens (including phenoxy) is 1. The fourth-order valence-corrected chi connectivity index (χ4v) is 5.00. The zero-order valence-corrected chi connectivity index (χ0v) is 13.8. The third-order valence-electron chi connectivity index (χ3n) is 4.10. The lowest BCUT2D eigenvalue weighted by atomic mass is 10.1. The Morgan fingerprint density at radius 3 is 2.52 bits per heavy atom. The Morgan fingerprint density at radius 2 is 2.00 bits per heavy atom. The fraction of sp³-hybridized carbons (Fsp3) is 0.625. The average Bonchev–Trinajstić information content (AvgIpc) is 2.86. The van der Waals surface area contributed by atoms with E-state index in [1.165, 1.54) is 5.56 Å². The number of nitrogens with one attached hydrogen (secondary N) is 1. The molecule has 1 fully saturated rings. The van der Waals surface area contributed by atoms with Crippen LogP contribution < -0.4 is 5.32 Å². The van der Waals surface area contributed by atoms with Gasteiger partial charge in [-0.2, -0.15) is 0 Å². The Morgan fingerprint density at radius 1 is 1.33 bits per heavy atom. The van der Waals surface area contributed by atoms with Crippen molar-refractivity contribution in [2.24, 2.45) is 0 Å². The monoisotopic (exact) mass is 311 g/mol. The number of hydrogen-bond donors (Lipinski definition) is 1. The Bertz CT molecular complexity index is 553. The van der Waals surface area contributed by atoms with Gasteiger partial charge >= 0.3 is 0 Å². The molecule has 1 aliphatic rings. The first-order chi connectivity index (χ1) is 9.94. The molecule has 0 radical (unpaired) electrons. The fourth-order valence-electron chi connectivity index (χ4n) is 2.86. The number of hydrogen-bond acceptors (Lipinski definition) is 4. The molecule has 2 rings (SSSR count). The molecule has 0 saturated carbocycles. The maximum absolute atomic E-state index is 12.6. The van der Waals surface area contributed by atoms with E-state index in [9.17, 15) is 8.42 Å². The second-order valence-corrected chi connectivity index (χ2v) is 8.02. The number of sulfone groups is 1. The molecule has 0 amide bonds. The number of aryl methyl sites for hydroxylation is 1. The van der Waals surface area contributed by atoms with Crippen molar-refractivity contribution in [2.75, 3.05) is 18.9 Å². The van der Waals surface area contributed by atoms with Gasteiger partial charge in [-0.05, 0) is 32.4 Å². The number of rotatable bonds is 6. The van der Waals surface area contributed by atoms with Crippen LogP contribution in [-0.4, -0.2) is 38.7 Å². The lowest BCUT2D eigenvalue weighted by Crippen LogP contribution is -2.36. The number of benzene rings is 1. The topological polar surface area (TPSA) is 55.4 Å². The molecule has 0 aromatic heterocycles. The quantitative estimate of drug-likeness (QED) is 0.875. The lowest BCUT2D eigenvalue weighted by Gasteiger charge is -2.22. The van der Waals surface area contributed by atoms with Gasteiger partial charge in [0, 0.05) is 12.6 Å². The van der Waals surface area contributed by atoms with Gasteiger partial charge in [-0.15, -0.1) is 0 Å². The van der Waals surface area contributed by atoms with Crippen molar-refractivity contribution in [1.29, 1.82) is 0 Å². The summed E-state index contributed by atoms with van der Waals surface area (Å²) in [5, 5.41) is 2.92. The first-order valence-electron chi connectivity index (χ1n) is 7.57. The van der Waals surface area contributed by atoms with Crippen molar-refractivity contribution in [3.63, 3.8) is 0 Å². The lowest BCUT2D eigenvalue weighted by molar-refractivity contribution is 0.126. The first kappa shape index (κ1) is 16.5. The van der Waals surface area contributed by atoms with Crippen molar-refractivity contribution in [3.05, 3.63) is 35.4 Å². The summed E-state index contributed by atoms with van der Waals surface area (Å²) in [6.07, 6.45) is 0.409. The summed E-state index contributed by atoms with van der Waals surface area (Å²) in [6, 6.07) is 7.90. The first-order valence-corrected chi connectivity index (χ1v) is 9.28. The molecule has 0 aliphatic carbocycles. The second kappa shape index (κ2) is 6.90. The molecule has 1 aromatic rings. The molecule has 1 saturated heterocycles. The molecule has 0 bridgehead atoms. The van der Waals surface area contributed by atoms with Gasteiger partial charge in [0.15, 0.2) is 9.84 Å².